The van der Waals surface area contributed by atoms with Crippen LogP contribution in [0.3, 0.4) is 0 Å². The number of anilines is 1. The molecule has 0 spiro atoms. The Hall–Kier alpha value is -2.67. The number of nitrogens with zero attached hydrogens (tertiary/aromatic N) is 3. The SMILES string of the molecule is Cc1cc(NC(=O)CCn2ccccc2=O)n(-c2cccc(Br)c2)n1. The van der Waals surface area contributed by atoms with Crippen LogP contribution in [0.25, 0.3) is 5.69 Å². The summed E-state index contributed by atoms with van der Waals surface area (Å²) in [7, 11) is 0. The predicted octanol–water partition coefficient (Wildman–Crippen LogP) is 3.13. The van der Waals surface area contributed by atoms with E-state index in [4.69, 9.17) is 0 Å². The average Bonchev–Trinajstić information content (AvgIpc) is 2.94. The fourth-order valence-corrected chi connectivity index (χ4v) is 2.85. The number of hydrogen-bond acceptors (Lipinski definition) is 3. The quantitative estimate of drug-likeness (QED) is 0.714. The number of rotatable bonds is 5. The third kappa shape index (κ3) is 4.24. The Balaban J connectivity index is 1.74. The van der Waals surface area contributed by atoms with Crippen molar-refractivity contribution >= 4 is 27.7 Å². The molecule has 6 nitrogen and oxygen atoms in total. The van der Waals surface area contributed by atoms with E-state index < -0.39 is 0 Å². The maximum atomic E-state index is 12.3. The van der Waals surface area contributed by atoms with Gasteiger partial charge in [0.05, 0.1) is 11.4 Å². The minimum absolute atomic E-state index is 0.120. The molecule has 1 amide bonds. The average molecular weight is 401 g/mol. The lowest BCUT2D eigenvalue weighted by atomic mass is 10.3. The first-order valence-corrected chi connectivity index (χ1v) is 8.60. The summed E-state index contributed by atoms with van der Waals surface area (Å²) in [5.41, 5.74) is 1.52. The highest BCUT2D eigenvalue weighted by molar-refractivity contribution is 9.10. The molecule has 0 bridgehead atoms. The van der Waals surface area contributed by atoms with Crippen molar-refractivity contribution in [1.29, 1.82) is 0 Å². The van der Waals surface area contributed by atoms with Gasteiger partial charge in [-0.15, -0.1) is 0 Å². The van der Waals surface area contributed by atoms with Gasteiger partial charge < -0.3 is 9.88 Å². The van der Waals surface area contributed by atoms with Gasteiger partial charge in [0.2, 0.25) is 5.91 Å². The molecule has 2 heterocycles. The summed E-state index contributed by atoms with van der Waals surface area (Å²) in [6, 6.07) is 14.4. The lowest BCUT2D eigenvalue weighted by Crippen LogP contribution is -2.22. The Bertz CT molecular complexity index is 961. The van der Waals surface area contributed by atoms with Gasteiger partial charge in [-0.1, -0.05) is 28.1 Å². The van der Waals surface area contributed by atoms with Crippen molar-refractivity contribution < 1.29 is 4.79 Å². The highest BCUT2D eigenvalue weighted by Crippen LogP contribution is 2.20. The van der Waals surface area contributed by atoms with E-state index in [0.717, 1.165) is 15.9 Å². The van der Waals surface area contributed by atoms with Gasteiger partial charge in [0.25, 0.3) is 5.56 Å². The van der Waals surface area contributed by atoms with Crippen molar-refractivity contribution in [3.05, 3.63) is 75.2 Å². The lowest BCUT2D eigenvalue weighted by molar-refractivity contribution is -0.116. The van der Waals surface area contributed by atoms with Crippen LogP contribution < -0.4 is 10.9 Å². The van der Waals surface area contributed by atoms with Gasteiger partial charge in [-0.2, -0.15) is 5.10 Å². The second-order valence-electron chi connectivity index (χ2n) is 5.59. The fraction of sp³-hybridized carbons (Fsp3) is 0.167. The van der Waals surface area contributed by atoms with Crippen molar-refractivity contribution in [1.82, 2.24) is 14.3 Å². The Morgan fingerprint density at radius 1 is 1.20 bits per heavy atom. The Morgan fingerprint density at radius 2 is 2.04 bits per heavy atom. The molecule has 0 aliphatic heterocycles. The molecule has 0 aliphatic carbocycles. The van der Waals surface area contributed by atoms with Gasteiger partial charge in [0.15, 0.2) is 0 Å². The zero-order valence-electron chi connectivity index (χ0n) is 13.6. The molecular weight excluding hydrogens is 384 g/mol. The van der Waals surface area contributed by atoms with E-state index in [1.54, 1.807) is 23.0 Å². The second kappa shape index (κ2) is 7.48. The molecule has 0 aliphatic rings. The van der Waals surface area contributed by atoms with E-state index in [1.807, 2.05) is 37.3 Å². The van der Waals surface area contributed by atoms with E-state index >= 15 is 0 Å². The van der Waals surface area contributed by atoms with Crippen LogP contribution >= 0.6 is 15.9 Å². The zero-order valence-corrected chi connectivity index (χ0v) is 15.2. The molecule has 7 heteroatoms. The van der Waals surface area contributed by atoms with Crippen molar-refractivity contribution in [2.75, 3.05) is 5.32 Å². The third-order valence-electron chi connectivity index (χ3n) is 3.63. The molecule has 25 heavy (non-hydrogen) atoms. The van der Waals surface area contributed by atoms with Crippen LogP contribution in [-0.2, 0) is 11.3 Å². The minimum atomic E-state index is -0.174. The molecule has 0 saturated carbocycles. The van der Waals surface area contributed by atoms with Gasteiger partial charge in [-0.25, -0.2) is 4.68 Å². The maximum Gasteiger partial charge on any atom is 0.250 e. The number of halogens is 1. The summed E-state index contributed by atoms with van der Waals surface area (Å²) in [6.45, 7) is 2.20. The number of aryl methyl sites for hydroxylation is 2. The van der Waals surface area contributed by atoms with Crippen LogP contribution in [-0.4, -0.2) is 20.3 Å². The van der Waals surface area contributed by atoms with Crippen LogP contribution in [0.5, 0.6) is 0 Å². The maximum absolute atomic E-state index is 12.3. The Morgan fingerprint density at radius 3 is 2.80 bits per heavy atom. The zero-order chi connectivity index (χ0) is 17.8. The van der Waals surface area contributed by atoms with E-state index in [2.05, 4.69) is 26.3 Å². The van der Waals surface area contributed by atoms with E-state index in [-0.39, 0.29) is 17.9 Å². The lowest BCUT2D eigenvalue weighted by Gasteiger charge is -2.10. The van der Waals surface area contributed by atoms with Gasteiger partial charge >= 0.3 is 0 Å². The minimum Gasteiger partial charge on any atom is -0.315 e. The fourth-order valence-electron chi connectivity index (χ4n) is 2.47. The standard InChI is InChI=1S/C18H17BrN4O2/c1-13-11-16(23(21-13)15-6-4-5-14(19)12-15)20-17(24)8-10-22-9-3-2-7-18(22)25/h2-7,9,11-12H,8,10H2,1H3,(H,20,24). The summed E-state index contributed by atoms with van der Waals surface area (Å²) < 4.78 is 4.13. The predicted molar refractivity (Wildman–Crippen MR) is 99.9 cm³/mol. The van der Waals surface area contributed by atoms with Gasteiger partial charge in [-0.05, 0) is 31.2 Å². The first-order chi connectivity index (χ1) is 12.0. The van der Waals surface area contributed by atoms with Crippen LogP contribution in [0.4, 0.5) is 5.82 Å². The smallest absolute Gasteiger partial charge is 0.250 e. The summed E-state index contributed by atoms with van der Waals surface area (Å²) >= 11 is 3.44. The molecule has 128 valence electrons. The summed E-state index contributed by atoms with van der Waals surface area (Å²) in [5.74, 6) is 0.424. The van der Waals surface area contributed by atoms with Crippen LogP contribution in [0.1, 0.15) is 12.1 Å². The highest BCUT2D eigenvalue weighted by Gasteiger charge is 2.11. The molecule has 0 saturated heterocycles. The molecule has 1 aromatic carbocycles. The second-order valence-corrected chi connectivity index (χ2v) is 6.51. The van der Waals surface area contributed by atoms with E-state index in [1.165, 1.54) is 10.6 Å². The van der Waals surface area contributed by atoms with E-state index in [9.17, 15) is 9.59 Å². The number of benzene rings is 1. The van der Waals surface area contributed by atoms with Crippen LogP contribution in [0, 0.1) is 6.92 Å². The summed E-state index contributed by atoms with van der Waals surface area (Å²) in [5, 5.41) is 7.30. The summed E-state index contributed by atoms with van der Waals surface area (Å²) in [4.78, 5) is 24.0. The number of carbonyl (C=O) groups is 1. The largest absolute Gasteiger partial charge is 0.315 e. The number of hydrogen-bond donors (Lipinski definition) is 1. The monoisotopic (exact) mass is 400 g/mol. The summed E-state index contributed by atoms with van der Waals surface area (Å²) in [6.07, 6.45) is 1.87. The van der Waals surface area contributed by atoms with Crippen molar-refractivity contribution in [2.24, 2.45) is 0 Å². The van der Waals surface area contributed by atoms with Crippen molar-refractivity contribution in [3.63, 3.8) is 0 Å². The molecule has 2 aromatic heterocycles. The Kier molecular flexibility index (Phi) is 5.14. The molecule has 0 unspecified atom stereocenters. The number of pyridine rings is 1. The number of amides is 1. The van der Waals surface area contributed by atoms with E-state index in [0.29, 0.717) is 12.4 Å². The highest BCUT2D eigenvalue weighted by atomic mass is 79.9. The topological polar surface area (TPSA) is 68.9 Å². The third-order valence-corrected chi connectivity index (χ3v) is 4.12. The van der Waals surface area contributed by atoms with Crippen molar-refractivity contribution in [3.8, 4) is 5.69 Å². The molecule has 1 N–H and O–H groups in total. The first-order valence-electron chi connectivity index (χ1n) is 7.81. The normalized spacial score (nSPS) is 10.6. The first kappa shape index (κ1) is 17.2. The Labute approximate surface area is 153 Å². The van der Waals surface area contributed by atoms with Gasteiger partial charge in [0.1, 0.15) is 5.82 Å². The molecule has 0 fully saturated rings. The molecule has 3 rings (SSSR count). The van der Waals surface area contributed by atoms with Gasteiger partial charge in [0, 0.05) is 35.8 Å². The van der Waals surface area contributed by atoms with Crippen LogP contribution in [0.15, 0.2) is 64.0 Å². The number of nitrogens with one attached hydrogen (secondary N) is 1. The molecule has 0 radical (unpaired) electrons. The molecule has 0 atom stereocenters. The van der Waals surface area contributed by atoms with Crippen LogP contribution in [0.2, 0.25) is 0 Å². The molecular formula is C18H17BrN4O2. The molecule has 3 aromatic rings. The number of carbonyl (C=O) groups excluding carboxylic acids is 1. The van der Waals surface area contributed by atoms with Crippen molar-refractivity contribution in [2.45, 2.75) is 19.9 Å². The van der Waals surface area contributed by atoms with Gasteiger partial charge in [-0.3, -0.25) is 9.59 Å². The number of aromatic nitrogens is 3.